The topological polar surface area (TPSA) is 118 Å². The zero-order valence-corrected chi connectivity index (χ0v) is 12.2. The Morgan fingerprint density at radius 2 is 2.21 bits per heavy atom. The molecule has 120 valence electrons. The molecule has 0 radical (unpaired) electrons. The first-order valence-corrected chi connectivity index (χ1v) is 6.61. The number of hydrogen-bond donors (Lipinski definition) is 1. The van der Waals surface area contributed by atoms with Gasteiger partial charge in [-0.25, -0.2) is 8.91 Å². The smallest absolute Gasteiger partial charge is 0.388 e. The Labute approximate surface area is 134 Å². The van der Waals surface area contributed by atoms with Crippen LogP contribution in [0.5, 0.6) is 11.5 Å². The maximum atomic E-state index is 13.2. The Morgan fingerprint density at radius 1 is 1.42 bits per heavy atom. The second-order valence-corrected chi connectivity index (χ2v) is 4.60. The highest BCUT2D eigenvalue weighted by atomic mass is 19.1. The molecule has 0 saturated carbocycles. The van der Waals surface area contributed by atoms with Crippen LogP contribution >= 0.6 is 0 Å². The highest BCUT2D eigenvalue weighted by molar-refractivity contribution is 5.72. The Balaban J connectivity index is 2.09. The van der Waals surface area contributed by atoms with Crippen LogP contribution in [-0.2, 0) is 0 Å². The number of pyridine rings is 2. The second-order valence-electron chi connectivity index (χ2n) is 4.60. The SMILES string of the molecule is CNc1c([N+](=O)[O-])ncc(Oc2cnn3cc(F)ccc23)c1C#N. The summed E-state index contributed by atoms with van der Waals surface area (Å²) in [6.07, 6.45) is 3.60. The highest BCUT2D eigenvalue weighted by Crippen LogP contribution is 2.35. The molecular weight excluding hydrogens is 319 g/mol. The van der Waals surface area contributed by atoms with Crippen LogP contribution in [0.1, 0.15) is 5.56 Å². The van der Waals surface area contributed by atoms with E-state index in [1.807, 2.05) is 6.07 Å². The van der Waals surface area contributed by atoms with Gasteiger partial charge in [-0.15, -0.1) is 0 Å². The van der Waals surface area contributed by atoms with Crippen molar-refractivity contribution in [3.8, 4) is 17.6 Å². The molecule has 10 heteroatoms. The Hall–Kier alpha value is -3.74. The number of nitrogens with zero attached hydrogens (tertiary/aromatic N) is 5. The third-order valence-electron chi connectivity index (χ3n) is 3.22. The van der Waals surface area contributed by atoms with Crippen LogP contribution in [0.15, 0.2) is 30.7 Å². The molecule has 0 saturated heterocycles. The average molecular weight is 328 g/mol. The number of hydrogen-bond acceptors (Lipinski definition) is 7. The first-order valence-electron chi connectivity index (χ1n) is 6.61. The second kappa shape index (κ2) is 5.81. The lowest BCUT2D eigenvalue weighted by Crippen LogP contribution is -2.03. The molecule has 0 aromatic carbocycles. The number of nitrogens with one attached hydrogen (secondary N) is 1. The van der Waals surface area contributed by atoms with Crippen LogP contribution in [0.2, 0.25) is 0 Å². The van der Waals surface area contributed by atoms with Crippen molar-refractivity contribution in [2.45, 2.75) is 0 Å². The van der Waals surface area contributed by atoms with Gasteiger partial charge in [-0.3, -0.25) is 0 Å². The minimum absolute atomic E-state index is 0.0201. The molecule has 24 heavy (non-hydrogen) atoms. The van der Waals surface area contributed by atoms with E-state index in [0.717, 1.165) is 6.20 Å². The Bertz CT molecular complexity index is 994. The third kappa shape index (κ3) is 2.44. The lowest BCUT2D eigenvalue weighted by molar-refractivity contribution is -0.388. The van der Waals surface area contributed by atoms with E-state index >= 15 is 0 Å². The van der Waals surface area contributed by atoms with Gasteiger partial charge in [0.25, 0.3) is 0 Å². The molecule has 0 aliphatic rings. The van der Waals surface area contributed by atoms with Crippen LogP contribution < -0.4 is 10.1 Å². The Morgan fingerprint density at radius 3 is 2.88 bits per heavy atom. The van der Waals surface area contributed by atoms with E-state index in [2.05, 4.69) is 15.4 Å². The molecular formula is C14H9FN6O3. The summed E-state index contributed by atoms with van der Waals surface area (Å²) in [5, 5.41) is 26.8. The van der Waals surface area contributed by atoms with Crippen molar-refractivity contribution in [1.82, 2.24) is 14.6 Å². The van der Waals surface area contributed by atoms with Gasteiger partial charge in [0.2, 0.25) is 0 Å². The number of rotatable bonds is 4. The number of aromatic nitrogens is 3. The van der Waals surface area contributed by atoms with Crippen molar-refractivity contribution in [2.75, 3.05) is 12.4 Å². The number of halogens is 1. The van der Waals surface area contributed by atoms with Crippen molar-refractivity contribution in [1.29, 1.82) is 5.26 Å². The van der Waals surface area contributed by atoms with Crippen LogP contribution in [0.3, 0.4) is 0 Å². The van der Waals surface area contributed by atoms with E-state index in [1.165, 1.54) is 36.1 Å². The van der Waals surface area contributed by atoms with Crippen LogP contribution in [0.4, 0.5) is 15.9 Å². The van der Waals surface area contributed by atoms with Crippen LogP contribution in [-0.4, -0.2) is 26.6 Å². The van der Waals surface area contributed by atoms with Crippen LogP contribution in [0, 0.1) is 27.3 Å². The quantitative estimate of drug-likeness (QED) is 0.577. The first kappa shape index (κ1) is 15.2. The maximum absolute atomic E-state index is 13.2. The van der Waals surface area contributed by atoms with Gasteiger partial charge >= 0.3 is 5.82 Å². The highest BCUT2D eigenvalue weighted by Gasteiger charge is 2.24. The normalized spacial score (nSPS) is 10.4. The summed E-state index contributed by atoms with van der Waals surface area (Å²) in [6.45, 7) is 0. The number of nitro groups is 1. The van der Waals surface area contributed by atoms with Crippen molar-refractivity contribution < 1.29 is 14.1 Å². The average Bonchev–Trinajstić information content (AvgIpc) is 2.95. The van der Waals surface area contributed by atoms with Gasteiger partial charge in [0.05, 0.1) is 12.4 Å². The molecule has 0 bridgehead atoms. The first-order chi connectivity index (χ1) is 11.5. The largest absolute Gasteiger partial charge is 0.448 e. The van der Waals surface area contributed by atoms with Gasteiger partial charge in [0.15, 0.2) is 23.4 Å². The molecule has 3 aromatic heterocycles. The van der Waals surface area contributed by atoms with Crippen LogP contribution in [0.25, 0.3) is 5.52 Å². The predicted octanol–water partition coefficient (Wildman–Crippen LogP) is 2.48. The van der Waals surface area contributed by atoms with E-state index in [9.17, 15) is 19.8 Å². The summed E-state index contributed by atoms with van der Waals surface area (Å²) in [6, 6.07) is 4.56. The van der Waals surface area contributed by atoms with E-state index in [1.54, 1.807) is 0 Å². The van der Waals surface area contributed by atoms with Gasteiger partial charge in [-0.05, 0) is 22.0 Å². The zero-order chi connectivity index (χ0) is 17.3. The van der Waals surface area contributed by atoms with Gasteiger partial charge in [-0.1, -0.05) is 0 Å². The summed E-state index contributed by atoms with van der Waals surface area (Å²) < 4.78 is 20.1. The van der Waals surface area contributed by atoms with E-state index < -0.39 is 16.6 Å². The summed E-state index contributed by atoms with van der Waals surface area (Å²) >= 11 is 0. The Kier molecular flexibility index (Phi) is 3.67. The van der Waals surface area contributed by atoms with Gasteiger partial charge in [0.1, 0.15) is 23.0 Å². The van der Waals surface area contributed by atoms with Crippen molar-refractivity contribution in [3.05, 3.63) is 52.2 Å². The fraction of sp³-hybridized carbons (Fsp3) is 0.0714. The molecule has 0 atom stereocenters. The molecule has 0 spiro atoms. The standard InChI is InChI=1S/C14H9FN6O3/c1-17-13-9(4-16)11(5-18-14(13)21(22)23)24-12-6-19-20-7-8(15)2-3-10(12)20/h2-3,5-7,17H,1H3. The number of fused-ring (bicyclic) bond motifs is 1. The van der Waals surface area contributed by atoms with Gasteiger partial charge in [0, 0.05) is 7.05 Å². The molecule has 3 heterocycles. The number of nitriles is 1. The molecule has 0 aliphatic carbocycles. The lowest BCUT2D eigenvalue weighted by atomic mass is 10.2. The minimum Gasteiger partial charge on any atom is -0.448 e. The fourth-order valence-electron chi connectivity index (χ4n) is 2.18. The van der Waals surface area contributed by atoms with Crippen molar-refractivity contribution in [3.63, 3.8) is 0 Å². The monoisotopic (exact) mass is 328 g/mol. The summed E-state index contributed by atoms with van der Waals surface area (Å²) in [5.74, 6) is -0.677. The summed E-state index contributed by atoms with van der Waals surface area (Å²) in [5.41, 5.74) is 0.341. The molecule has 1 N–H and O–H groups in total. The number of anilines is 1. The maximum Gasteiger partial charge on any atom is 0.388 e. The fourth-order valence-corrected chi connectivity index (χ4v) is 2.18. The van der Waals surface area contributed by atoms with Crippen molar-refractivity contribution >= 4 is 17.0 Å². The minimum atomic E-state index is -0.700. The molecule has 0 aliphatic heterocycles. The van der Waals surface area contributed by atoms with E-state index in [4.69, 9.17) is 4.74 Å². The number of ether oxygens (including phenoxy) is 1. The third-order valence-corrected chi connectivity index (χ3v) is 3.22. The molecule has 3 aromatic rings. The zero-order valence-electron chi connectivity index (χ0n) is 12.2. The lowest BCUT2D eigenvalue weighted by Gasteiger charge is -2.08. The molecule has 0 amide bonds. The summed E-state index contributed by atoms with van der Waals surface area (Å²) in [4.78, 5) is 14.0. The molecule has 9 nitrogen and oxygen atoms in total. The van der Waals surface area contributed by atoms with E-state index in [-0.39, 0.29) is 22.7 Å². The molecule has 0 unspecified atom stereocenters. The van der Waals surface area contributed by atoms with E-state index in [0.29, 0.717) is 5.52 Å². The summed E-state index contributed by atoms with van der Waals surface area (Å²) in [7, 11) is 1.44. The molecule has 0 fully saturated rings. The van der Waals surface area contributed by atoms with Gasteiger partial charge < -0.3 is 20.2 Å². The molecule has 3 rings (SSSR count). The predicted molar refractivity (Wildman–Crippen MR) is 80.4 cm³/mol. The van der Waals surface area contributed by atoms with Gasteiger partial charge in [-0.2, -0.15) is 10.4 Å². The van der Waals surface area contributed by atoms with Crippen molar-refractivity contribution in [2.24, 2.45) is 0 Å².